The van der Waals surface area contributed by atoms with Gasteiger partial charge in [0.1, 0.15) is 11.8 Å². The monoisotopic (exact) mass is 246 g/mol. The summed E-state index contributed by atoms with van der Waals surface area (Å²) in [5, 5.41) is 11.9. The maximum Gasteiger partial charge on any atom is 0.174 e. The van der Waals surface area contributed by atoms with E-state index in [0.29, 0.717) is 5.41 Å². The first-order valence-corrected chi connectivity index (χ1v) is 6.31. The van der Waals surface area contributed by atoms with Crippen LogP contribution in [0.15, 0.2) is 24.3 Å². The van der Waals surface area contributed by atoms with Gasteiger partial charge in [-0.2, -0.15) is 5.26 Å². The lowest BCUT2D eigenvalue weighted by Crippen LogP contribution is -2.20. The van der Waals surface area contributed by atoms with Gasteiger partial charge in [-0.1, -0.05) is 32.9 Å². The Bertz CT molecular complexity index is 402. The van der Waals surface area contributed by atoms with E-state index in [9.17, 15) is 0 Å². The summed E-state index contributed by atoms with van der Waals surface area (Å²) in [6.07, 6.45) is 1.15. The van der Waals surface area contributed by atoms with Gasteiger partial charge in [0.15, 0.2) is 6.61 Å². The molecule has 0 fully saturated rings. The average molecular weight is 246 g/mol. The number of ether oxygens (including phenoxy) is 1. The van der Waals surface area contributed by atoms with Crippen LogP contribution in [0.3, 0.4) is 0 Å². The molecule has 0 aliphatic heterocycles. The van der Waals surface area contributed by atoms with E-state index in [1.165, 1.54) is 5.56 Å². The lowest BCUT2D eigenvalue weighted by molar-refractivity contribution is 0.364. The largest absolute Gasteiger partial charge is 0.479 e. The smallest absolute Gasteiger partial charge is 0.174 e. The quantitative estimate of drug-likeness (QED) is 0.784. The van der Waals surface area contributed by atoms with E-state index in [1.54, 1.807) is 0 Å². The van der Waals surface area contributed by atoms with Gasteiger partial charge in [-0.05, 0) is 36.1 Å². The van der Waals surface area contributed by atoms with Crippen molar-refractivity contribution < 1.29 is 4.74 Å². The first-order chi connectivity index (χ1) is 8.51. The zero-order valence-corrected chi connectivity index (χ0v) is 11.5. The second kappa shape index (κ2) is 7.03. The molecule has 0 aromatic heterocycles. The molecule has 3 nitrogen and oxygen atoms in total. The fraction of sp³-hybridized carbons (Fsp3) is 0.533. The highest BCUT2D eigenvalue weighted by atomic mass is 16.5. The minimum absolute atomic E-state index is 0.0981. The van der Waals surface area contributed by atoms with Gasteiger partial charge in [0.25, 0.3) is 0 Å². The average Bonchev–Trinajstić information content (AvgIpc) is 2.31. The lowest BCUT2D eigenvalue weighted by Gasteiger charge is -2.18. The molecule has 0 radical (unpaired) electrons. The molecule has 0 unspecified atom stereocenters. The number of nitrogens with one attached hydrogen (secondary N) is 1. The van der Waals surface area contributed by atoms with E-state index in [4.69, 9.17) is 10.00 Å². The first kappa shape index (κ1) is 14.5. The maximum atomic E-state index is 8.46. The maximum absolute atomic E-state index is 8.46. The summed E-state index contributed by atoms with van der Waals surface area (Å²) in [5.74, 6) is 0.756. The SMILES string of the molecule is CC(C)(C)CCNCc1cccc(OCC#N)c1. The predicted molar refractivity (Wildman–Crippen MR) is 73.3 cm³/mol. The Balaban J connectivity index is 2.36. The lowest BCUT2D eigenvalue weighted by atomic mass is 9.92. The third-order valence-electron chi connectivity index (χ3n) is 2.58. The highest BCUT2D eigenvalue weighted by Gasteiger charge is 2.08. The molecule has 1 aromatic carbocycles. The van der Waals surface area contributed by atoms with Gasteiger partial charge < -0.3 is 10.1 Å². The van der Waals surface area contributed by atoms with Crippen LogP contribution in [0.25, 0.3) is 0 Å². The minimum atomic E-state index is 0.0981. The van der Waals surface area contributed by atoms with Gasteiger partial charge in [-0.25, -0.2) is 0 Å². The Labute approximate surface area is 110 Å². The second-order valence-corrected chi connectivity index (χ2v) is 5.58. The summed E-state index contributed by atoms with van der Waals surface area (Å²) in [7, 11) is 0. The molecule has 0 saturated carbocycles. The number of hydrogen-bond donors (Lipinski definition) is 1. The van der Waals surface area contributed by atoms with Crippen molar-refractivity contribution in [3.05, 3.63) is 29.8 Å². The second-order valence-electron chi connectivity index (χ2n) is 5.58. The van der Waals surface area contributed by atoms with Crippen LogP contribution >= 0.6 is 0 Å². The molecule has 1 N–H and O–H groups in total. The van der Waals surface area contributed by atoms with E-state index in [0.717, 1.165) is 25.3 Å². The van der Waals surface area contributed by atoms with Crippen molar-refractivity contribution in [3.8, 4) is 11.8 Å². The molecule has 3 heteroatoms. The molecule has 0 aliphatic rings. The van der Waals surface area contributed by atoms with Crippen LogP contribution in [-0.2, 0) is 6.54 Å². The van der Waals surface area contributed by atoms with Gasteiger partial charge in [0.05, 0.1) is 0 Å². The Morgan fingerprint density at radius 1 is 1.33 bits per heavy atom. The van der Waals surface area contributed by atoms with Crippen molar-refractivity contribution in [3.63, 3.8) is 0 Å². The Morgan fingerprint density at radius 2 is 2.11 bits per heavy atom. The molecule has 0 atom stereocenters. The molecule has 98 valence electrons. The molecule has 1 rings (SSSR count). The van der Waals surface area contributed by atoms with Crippen LogP contribution in [0.5, 0.6) is 5.75 Å². The number of benzene rings is 1. The third kappa shape index (κ3) is 6.27. The zero-order chi connectivity index (χ0) is 13.4. The minimum Gasteiger partial charge on any atom is -0.479 e. The van der Waals surface area contributed by atoms with Crippen LogP contribution in [0.4, 0.5) is 0 Å². The topological polar surface area (TPSA) is 45.0 Å². The van der Waals surface area contributed by atoms with Crippen molar-refractivity contribution in [2.45, 2.75) is 33.7 Å². The summed E-state index contributed by atoms with van der Waals surface area (Å²) < 4.78 is 5.27. The van der Waals surface area contributed by atoms with E-state index < -0.39 is 0 Å². The molecular weight excluding hydrogens is 224 g/mol. The van der Waals surface area contributed by atoms with Crippen LogP contribution in [0, 0.1) is 16.7 Å². The van der Waals surface area contributed by atoms with Crippen LogP contribution in [0.2, 0.25) is 0 Å². The highest BCUT2D eigenvalue weighted by Crippen LogP contribution is 2.17. The van der Waals surface area contributed by atoms with Crippen molar-refractivity contribution in [1.29, 1.82) is 5.26 Å². The van der Waals surface area contributed by atoms with E-state index >= 15 is 0 Å². The number of hydrogen-bond acceptors (Lipinski definition) is 3. The summed E-state index contributed by atoms with van der Waals surface area (Å²) in [6.45, 7) is 8.66. The molecule has 0 aliphatic carbocycles. The molecule has 0 bridgehead atoms. The fourth-order valence-corrected chi connectivity index (χ4v) is 1.56. The van der Waals surface area contributed by atoms with Crippen LogP contribution in [-0.4, -0.2) is 13.2 Å². The molecule has 18 heavy (non-hydrogen) atoms. The van der Waals surface area contributed by atoms with Crippen molar-refractivity contribution in [1.82, 2.24) is 5.32 Å². The van der Waals surface area contributed by atoms with Gasteiger partial charge in [0.2, 0.25) is 0 Å². The van der Waals surface area contributed by atoms with Crippen LogP contribution in [0.1, 0.15) is 32.8 Å². The zero-order valence-electron chi connectivity index (χ0n) is 11.5. The third-order valence-corrected chi connectivity index (χ3v) is 2.58. The molecular formula is C15H22N2O. The Kier molecular flexibility index (Phi) is 5.67. The van der Waals surface area contributed by atoms with Crippen molar-refractivity contribution >= 4 is 0 Å². The van der Waals surface area contributed by atoms with Crippen molar-refractivity contribution in [2.75, 3.05) is 13.2 Å². The Morgan fingerprint density at radius 3 is 2.78 bits per heavy atom. The van der Waals surface area contributed by atoms with E-state index in [1.807, 2.05) is 24.3 Å². The highest BCUT2D eigenvalue weighted by molar-refractivity contribution is 5.28. The number of nitriles is 1. The van der Waals surface area contributed by atoms with Gasteiger partial charge in [-0.3, -0.25) is 0 Å². The normalized spacial score (nSPS) is 11.0. The standard InChI is InChI=1S/C15H22N2O/c1-15(2,3)7-9-17-12-13-5-4-6-14(11-13)18-10-8-16/h4-6,11,17H,7,9-10,12H2,1-3H3. The number of nitrogens with zero attached hydrogens (tertiary/aromatic N) is 1. The molecule has 0 amide bonds. The van der Waals surface area contributed by atoms with Gasteiger partial charge in [0, 0.05) is 6.54 Å². The molecule has 1 aromatic rings. The molecule has 0 heterocycles. The predicted octanol–water partition coefficient (Wildman–Crippen LogP) is 3.11. The molecule has 0 saturated heterocycles. The Hall–Kier alpha value is -1.53. The summed E-state index contributed by atoms with van der Waals surface area (Å²) in [4.78, 5) is 0. The summed E-state index contributed by atoms with van der Waals surface area (Å²) >= 11 is 0. The summed E-state index contributed by atoms with van der Waals surface area (Å²) in [6, 6.07) is 9.82. The fourth-order valence-electron chi connectivity index (χ4n) is 1.56. The summed E-state index contributed by atoms with van der Waals surface area (Å²) in [5.41, 5.74) is 1.55. The van der Waals surface area contributed by atoms with Gasteiger partial charge in [-0.15, -0.1) is 0 Å². The van der Waals surface area contributed by atoms with Crippen LogP contribution < -0.4 is 10.1 Å². The molecule has 0 spiro atoms. The van der Waals surface area contributed by atoms with E-state index in [-0.39, 0.29) is 6.61 Å². The first-order valence-electron chi connectivity index (χ1n) is 6.31. The number of rotatable bonds is 6. The van der Waals surface area contributed by atoms with Gasteiger partial charge >= 0.3 is 0 Å². The van der Waals surface area contributed by atoms with Crippen molar-refractivity contribution in [2.24, 2.45) is 5.41 Å². The van der Waals surface area contributed by atoms with E-state index in [2.05, 4.69) is 32.2 Å².